The quantitative estimate of drug-likeness (QED) is 0.645. The summed E-state index contributed by atoms with van der Waals surface area (Å²) in [7, 11) is 0. The second-order valence-corrected chi connectivity index (χ2v) is 4.44. The molecule has 0 aliphatic carbocycles. The van der Waals surface area contributed by atoms with Gasteiger partial charge in [-0.25, -0.2) is 4.79 Å². The van der Waals surface area contributed by atoms with Crippen molar-refractivity contribution >= 4 is 17.9 Å². The predicted octanol–water partition coefficient (Wildman–Crippen LogP) is 1.50. The standard InChI is InChI=1S/C12H22N2O4/c1-4-9(5-2)13-12(18)14-10(15)6-8(3)7-11(16)17/h8-9H,4-7H2,1-3H3,(H,16,17)(H2,13,14,15,18). The van der Waals surface area contributed by atoms with E-state index in [1.807, 2.05) is 13.8 Å². The Morgan fingerprint density at radius 3 is 2.11 bits per heavy atom. The Bertz CT molecular complexity index is 300. The molecule has 6 nitrogen and oxygen atoms in total. The minimum absolute atomic E-state index is 0.0304. The number of hydrogen-bond donors (Lipinski definition) is 3. The Hall–Kier alpha value is -1.59. The van der Waals surface area contributed by atoms with E-state index in [4.69, 9.17) is 5.11 Å². The van der Waals surface area contributed by atoms with E-state index in [0.717, 1.165) is 12.8 Å². The van der Waals surface area contributed by atoms with Crippen LogP contribution in [0, 0.1) is 5.92 Å². The van der Waals surface area contributed by atoms with Crippen LogP contribution in [0.1, 0.15) is 46.5 Å². The molecule has 0 radical (unpaired) electrons. The number of imide groups is 1. The smallest absolute Gasteiger partial charge is 0.321 e. The molecule has 0 aromatic heterocycles. The normalized spacial score (nSPS) is 12.0. The van der Waals surface area contributed by atoms with E-state index in [-0.39, 0.29) is 24.8 Å². The first-order chi connectivity index (χ1) is 8.38. The summed E-state index contributed by atoms with van der Waals surface area (Å²) < 4.78 is 0. The summed E-state index contributed by atoms with van der Waals surface area (Å²) >= 11 is 0. The molecule has 104 valence electrons. The van der Waals surface area contributed by atoms with Gasteiger partial charge in [-0.15, -0.1) is 0 Å². The highest BCUT2D eigenvalue weighted by molar-refractivity contribution is 5.94. The molecule has 0 rings (SSSR count). The van der Waals surface area contributed by atoms with Gasteiger partial charge >= 0.3 is 12.0 Å². The van der Waals surface area contributed by atoms with Crippen molar-refractivity contribution in [1.82, 2.24) is 10.6 Å². The summed E-state index contributed by atoms with van der Waals surface area (Å²) in [5, 5.41) is 13.4. The monoisotopic (exact) mass is 258 g/mol. The largest absolute Gasteiger partial charge is 0.481 e. The summed E-state index contributed by atoms with van der Waals surface area (Å²) in [5.41, 5.74) is 0. The van der Waals surface area contributed by atoms with Crippen molar-refractivity contribution in [2.45, 2.75) is 52.5 Å². The first-order valence-electron chi connectivity index (χ1n) is 6.21. The molecule has 0 aliphatic rings. The molecule has 0 spiro atoms. The molecule has 3 amide bonds. The van der Waals surface area contributed by atoms with Crippen molar-refractivity contribution in [1.29, 1.82) is 0 Å². The van der Waals surface area contributed by atoms with Crippen molar-refractivity contribution in [3.63, 3.8) is 0 Å². The van der Waals surface area contributed by atoms with Gasteiger partial charge in [0, 0.05) is 18.9 Å². The van der Waals surface area contributed by atoms with Crippen molar-refractivity contribution in [2.75, 3.05) is 0 Å². The third-order valence-corrected chi connectivity index (χ3v) is 2.63. The van der Waals surface area contributed by atoms with Crippen molar-refractivity contribution in [3.8, 4) is 0 Å². The van der Waals surface area contributed by atoms with Gasteiger partial charge in [0.05, 0.1) is 0 Å². The van der Waals surface area contributed by atoms with Crippen molar-refractivity contribution < 1.29 is 19.5 Å². The lowest BCUT2D eigenvalue weighted by Crippen LogP contribution is -2.44. The molecule has 6 heteroatoms. The van der Waals surface area contributed by atoms with E-state index in [9.17, 15) is 14.4 Å². The maximum absolute atomic E-state index is 11.4. The van der Waals surface area contributed by atoms with Gasteiger partial charge in [-0.1, -0.05) is 20.8 Å². The van der Waals surface area contributed by atoms with Crippen LogP contribution < -0.4 is 10.6 Å². The van der Waals surface area contributed by atoms with E-state index in [1.165, 1.54) is 0 Å². The maximum Gasteiger partial charge on any atom is 0.321 e. The number of nitrogens with one attached hydrogen (secondary N) is 2. The zero-order valence-electron chi connectivity index (χ0n) is 11.2. The number of aliphatic carboxylic acids is 1. The maximum atomic E-state index is 11.4. The van der Waals surface area contributed by atoms with Gasteiger partial charge in [0.25, 0.3) is 0 Å². The van der Waals surface area contributed by atoms with Crippen LogP contribution >= 0.6 is 0 Å². The van der Waals surface area contributed by atoms with Crippen LogP contribution in [0.15, 0.2) is 0 Å². The summed E-state index contributed by atoms with van der Waals surface area (Å²) in [6, 6.07) is -0.467. The van der Waals surface area contributed by atoms with Crippen LogP contribution in [0.4, 0.5) is 4.79 Å². The molecule has 0 aromatic carbocycles. The number of hydrogen-bond acceptors (Lipinski definition) is 3. The molecule has 3 N–H and O–H groups in total. The SMILES string of the molecule is CCC(CC)NC(=O)NC(=O)CC(C)CC(=O)O. The Balaban J connectivity index is 4.00. The summed E-state index contributed by atoms with van der Waals surface area (Å²) in [6.45, 7) is 5.56. The van der Waals surface area contributed by atoms with Gasteiger partial charge in [-0.2, -0.15) is 0 Å². The van der Waals surface area contributed by atoms with E-state index in [1.54, 1.807) is 6.92 Å². The van der Waals surface area contributed by atoms with E-state index in [2.05, 4.69) is 10.6 Å². The van der Waals surface area contributed by atoms with Gasteiger partial charge in [0.2, 0.25) is 5.91 Å². The van der Waals surface area contributed by atoms with E-state index >= 15 is 0 Å². The highest BCUT2D eigenvalue weighted by atomic mass is 16.4. The van der Waals surface area contributed by atoms with Crippen LogP contribution in [-0.2, 0) is 9.59 Å². The summed E-state index contributed by atoms with van der Waals surface area (Å²) in [5.74, 6) is -1.69. The van der Waals surface area contributed by atoms with Gasteiger partial charge in [-0.3, -0.25) is 14.9 Å². The molecule has 0 fully saturated rings. The predicted molar refractivity (Wildman–Crippen MR) is 67.1 cm³/mol. The zero-order valence-corrected chi connectivity index (χ0v) is 11.2. The fourth-order valence-corrected chi connectivity index (χ4v) is 1.58. The van der Waals surface area contributed by atoms with Gasteiger partial charge in [0.15, 0.2) is 0 Å². The molecule has 0 saturated carbocycles. The third kappa shape index (κ3) is 7.65. The first-order valence-corrected chi connectivity index (χ1v) is 6.21. The van der Waals surface area contributed by atoms with Gasteiger partial charge in [0.1, 0.15) is 0 Å². The molecule has 1 atom stereocenters. The Labute approximate surface area is 107 Å². The van der Waals surface area contributed by atoms with Crippen LogP contribution in [0.5, 0.6) is 0 Å². The topological polar surface area (TPSA) is 95.5 Å². The summed E-state index contributed by atoms with van der Waals surface area (Å²) in [6.07, 6.45) is 1.55. The number of rotatable bonds is 7. The Morgan fingerprint density at radius 1 is 1.11 bits per heavy atom. The highest BCUT2D eigenvalue weighted by Gasteiger charge is 2.15. The lowest BCUT2D eigenvalue weighted by atomic mass is 10.0. The van der Waals surface area contributed by atoms with Crippen LogP contribution in [0.2, 0.25) is 0 Å². The average Bonchev–Trinajstić information content (AvgIpc) is 2.23. The fourth-order valence-electron chi connectivity index (χ4n) is 1.58. The average molecular weight is 258 g/mol. The van der Waals surface area contributed by atoms with Crippen molar-refractivity contribution in [3.05, 3.63) is 0 Å². The minimum Gasteiger partial charge on any atom is -0.481 e. The number of carbonyl (C=O) groups is 3. The van der Waals surface area contributed by atoms with E-state index < -0.39 is 17.9 Å². The number of carbonyl (C=O) groups excluding carboxylic acids is 2. The number of urea groups is 1. The van der Waals surface area contributed by atoms with Crippen LogP contribution in [0.25, 0.3) is 0 Å². The number of carboxylic acids is 1. The molecule has 0 saturated heterocycles. The molecule has 18 heavy (non-hydrogen) atoms. The Kier molecular flexibility index (Phi) is 7.74. The first kappa shape index (κ1) is 16.4. The van der Waals surface area contributed by atoms with Gasteiger partial charge in [-0.05, 0) is 18.8 Å². The lowest BCUT2D eigenvalue weighted by Gasteiger charge is -2.15. The molecule has 0 bridgehead atoms. The zero-order chi connectivity index (χ0) is 14.1. The fraction of sp³-hybridized carbons (Fsp3) is 0.750. The van der Waals surface area contributed by atoms with E-state index in [0.29, 0.717) is 0 Å². The molecular formula is C12H22N2O4. The minimum atomic E-state index is -0.947. The van der Waals surface area contributed by atoms with Crippen LogP contribution in [-0.4, -0.2) is 29.1 Å². The Morgan fingerprint density at radius 2 is 1.67 bits per heavy atom. The molecule has 0 aliphatic heterocycles. The van der Waals surface area contributed by atoms with Crippen LogP contribution in [0.3, 0.4) is 0 Å². The molecular weight excluding hydrogens is 236 g/mol. The van der Waals surface area contributed by atoms with Gasteiger partial charge < -0.3 is 10.4 Å². The molecule has 1 unspecified atom stereocenters. The summed E-state index contributed by atoms with van der Waals surface area (Å²) in [4.78, 5) is 33.3. The highest BCUT2D eigenvalue weighted by Crippen LogP contribution is 2.06. The second kappa shape index (κ2) is 8.49. The molecule has 0 heterocycles. The molecule has 0 aromatic rings. The lowest BCUT2D eigenvalue weighted by molar-refractivity contribution is -0.138. The third-order valence-electron chi connectivity index (χ3n) is 2.63. The number of carboxylic acid groups (broad SMARTS) is 1. The van der Waals surface area contributed by atoms with Crippen molar-refractivity contribution in [2.24, 2.45) is 5.92 Å². The number of amides is 3. The second-order valence-electron chi connectivity index (χ2n) is 4.44.